The Labute approximate surface area is 115 Å². The van der Waals surface area contributed by atoms with Crippen molar-refractivity contribution in [1.29, 1.82) is 0 Å². The second-order valence-electron chi connectivity index (χ2n) is 4.57. The molecule has 104 valence electrons. The van der Waals surface area contributed by atoms with E-state index in [9.17, 15) is 0 Å². The molecule has 0 saturated carbocycles. The Hall–Kier alpha value is -1.52. The zero-order valence-corrected chi connectivity index (χ0v) is 11.7. The van der Waals surface area contributed by atoms with E-state index in [-0.39, 0.29) is 0 Å². The zero-order chi connectivity index (χ0) is 13.5. The predicted octanol–water partition coefficient (Wildman–Crippen LogP) is 1.62. The number of nitrogens with zero attached hydrogens (tertiary/aromatic N) is 1. The highest BCUT2D eigenvalue weighted by molar-refractivity contribution is 5.55. The van der Waals surface area contributed by atoms with E-state index < -0.39 is 0 Å². The summed E-state index contributed by atoms with van der Waals surface area (Å²) in [6, 6.07) is 5.96. The van der Waals surface area contributed by atoms with Crippen molar-refractivity contribution >= 4 is 6.08 Å². The van der Waals surface area contributed by atoms with Gasteiger partial charge in [-0.3, -0.25) is 4.90 Å². The van der Waals surface area contributed by atoms with Crippen molar-refractivity contribution < 1.29 is 9.47 Å². The van der Waals surface area contributed by atoms with Crippen LogP contribution in [-0.4, -0.2) is 51.8 Å². The van der Waals surface area contributed by atoms with Gasteiger partial charge in [0, 0.05) is 32.7 Å². The number of benzene rings is 1. The minimum absolute atomic E-state index is 0.766. The molecule has 1 N–H and O–H groups in total. The highest BCUT2D eigenvalue weighted by Crippen LogP contribution is 2.27. The number of piperazine rings is 1. The molecule has 1 aliphatic heterocycles. The fraction of sp³-hybridized carbons (Fsp3) is 0.467. The van der Waals surface area contributed by atoms with Gasteiger partial charge in [0.05, 0.1) is 14.2 Å². The maximum absolute atomic E-state index is 5.30. The quantitative estimate of drug-likeness (QED) is 0.874. The van der Waals surface area contributed by atoms with Gasteiger partial charge < -0.3 is 14.8 Å². The summed E-state index contributed by atoms with van der Waals surface area (Å²) in [6.07, 6.45) is 4.33. The molecule has 1 aromatic carbocycles. The van der Waals surface area contributed by atoms with E-state index in [0.717, 1.165) is 49.8 Å². The monoisotopic (exact) mass is 262 g/mol. The lowest BCUT2D eigenvalue weighted by molar-refractivity contribution is 0.265. The molecule has 1 aromatic rings. The molecule has 1 aliphatic rings. The standard InChI is InChI=1S/C15H22N2O2/c1-18-14-6-5-13(12-15(14)19-2)4-3-9-17-10-7-16-8-11-17/h3-6,12,16H,7-11H2,1-2H3/b4-3+. The van der Waals surface area contributed by atoms with E-state index in [1.54, 1.807) is 14.2 Å². The van der Waals surface area contributed by atoms with Gasteiger partial charge in [0.2, 0.25) is 0 Å². The largest absolute Gasteiger partial charge is 0.493 e. The second-order valence-corrected chi connectivity index (χ2v) is 4.57. The third kappa shape index (κ3) is 3.98. The van der Waals surface area contributed by atoms with Gasteiger partial charge >= 0.3 is 0 Å². The third-order valence-corrected chi connectivity index (χ3v) is 3.29. The van der Waals surface area contributed by atoms with Crippen molar-refractivity contribution in [3.05, 3.63) is 29.8 Å². The summed E-state index contributed by atoms with van der Waals surface area (Å²) in [4.78, 5) is 2.44. The van der Waals surface area contributed by atoms with Crippen LogP contribution in [0.1, 0.15) is 5.56 Å². The summed E-state index contributed by atoms with van der Waals surface area (Å²) in [7, 11) is 3.31. The number of hydrogen-bond acceptors (Lipinski definition) is 4. The molecule has 1 saturated heterocycles. The summed E-state index contributed by atoms with van der Waals surface area (Å²) >= 11 is 0. The van der Waals surface area contributed by atoms with Crippen molar-refractivity contribution in [1.82, 2.24) is 10.2 Å². The van der Waals surface area contributed by atoms with Crippen LogP contribution in [0.3, 0.4) is 0 Å². The molecule has 0 atom stereocenters. The first-order valence-electron chi connectivity index (χ1n) is 6.65. The van der Waals surface area contributed by atoms with E-state index in [2.05, 4.69) is 22.4 Å². The Morgan fingerprint density at radius 3 is 2.58 bits per heavy atom. The predicted molar refractivity (Wildman–Crippen MR) is 77.9 cm³/mol. The molecule has 0 aliphatic carbocycles. The molecule has 2 rings (SSSR count). The zero-order valence-electron chi connectivity index (χ0n) is 11.7. The molecule has 0 aromatic heterocycles. The normalized spacial score (nSPS) is 16.7. The number of methoxy groups -OCH3 is 2. The summed E-state index contributed by atoms with van der Waals surface area (Å²) in [6.45, 7) is 5.41. The molecule has 4 heteroatoms. The van der Waals surface area contributed by atoms with Crippen molar-refractivity contribution in [2.45, 2.75) is 0 Å². The van der Waals surface area contributed by atoms with Crippen LogP contribution in [0.25, 0.3) is 6.08 Å². The van der Waals surface area contributed by atoms with Gasteiger partial charge in [-0.1, -0.05) is 18.2 Å². The van der Waals surface area contributed by atoms with Gasteiger partial charge in [-0.2, -0.15) is 0 Å². The molecule has 1 heterocycles. The number of nitrogens with one attached hydrogen (secondary N) is 1. The molecule has 1 fully saturated rings. The molecular weight excluding hydrogens is 240 g/mol. The van der Waals surface area contributed by atoms with Gasteiger partial charge in [-0.25, -0.2) is 0 Å². The molecule has 0 radical (unpaired) electrons. The van der Waals surface area contributed by atoms with Crippen molar-refractivity contribution in [3.8, 4) is 11.5 Å². The van der Waals surface area contributed by atoms with Crippen LogP contribution in [0.2, 0.25) is 0 Å². The molecule has 0 unspecified atom stereocenters. The smallest absolute Gasteiger partial charge is 0.161 e. The Morgan fingerprint density at radius 1 is 1.16 bits per heavy atom. The Kier molecular flexibility index (Phi) is 5.24. The highest BCUT2D eigenvalue weighted by atomic mass is 16.5. The SMILES string of the molecule is COc1ccc(/C=C/CN2CCNCC2)cc1OC. The lowest BCUT2D eigenvalue weighted by atomic mass is 10.2. The fourth-order valence-corrected chi connectivity index (χ4v) is 2.19. The van der Waals surface area contributed by atoms with E-state index in [1.165, 1.54) is 0 Å². The van der Waals surface area contributed by atoms with Crippen LogP contribution in [0, 0.1) is 0 Å². The van der Waals surface area contributed by atoms with E-state index >= 15 is 0 Å². The van der Waals surface area contributed by atoms with Gasteiger partial charge in [-0.15, -0.1) is 0 Å². The molecule has 0 amide bonds. The number of ether oxygens (including phenoxy) is 2. The minimum Gasteiger partial charge on any atom is -0.493 e. The van der Waals surface area contributed by atoms with Crippen LogP contribution < -0.4 is 14.8 Å². The van der Waals surface area contributed by atoms with Gasteiger partial charge in [0.25, 0.3) is 0 Å². The second kappa shape index (κ2) is 7.16. The summed E-state index contributed by atoms with van der Waals surface area (Å²) in [5.41, 5.74) is 1.13. The van der Waals surface area contributed by atoms with Crippen molar-refractivity contribution in [2.24, 2.45) is 0 Å². The summed E-state index contributed by atoms with van der Waals surface area (Å²) in [5, 5.41) is 3.35. The Morgan fingerprint density at radius 2 is 1.89 bits per heavy atom. The maximum Gasteiger partial charge on any atom is 0.161 e. The average Bonchev–Trinajstić information content (AvgIpc) is 2.48. The first-order chi connectivity index (χ1) is 9.33. The van der Waals surface area contributed by atoms with Crippen LogP contribution in [0.15, 0.2) is 24.3 Å². The molecule has 4 nitrogen and oxygen atoms in total. The highest BCUT2D eigenvalue weighted by Gasteiger charge is 2.07. The summed E-state index contributed by atoms with van der Waals surface area (Å²) in [5.74, 6) is 1.54. The number of hydrogen-bond donors (Lipinski definition) is 1. The third-order valence-electron chi connectivity index (χ3n) is 3.29. The van der Waals surface area contributed by atoms with Gasteiger partial charge in [0.1, 0.15) is 0 Å². The summed E-state index contributed by atoms with van der Waals surface area (Å²) < 4.78 is 10.5. The fourth-order valence-electron chi connectivity index (χ4n) is 2.19. The molecule has 0 spiro atoms. The lowest BCUT2D eigenvalue weighted by Crippen LogP contribution is -2.43. The molecule has 0 bridgehead atoms. The Bertz CT molecular complexity index is 426. The van der Waals surface area contributed by atoms with E-state index in [0.29, 0.717) is 0 Å². The van der Waals surface area contributed by atoms with Crippen LogP contribution >= 0.6 is 0 Å². The molecule has 19 heavy (non-hydrogen) atoms. The first-order valence-corrected chi connectivity index (χ1v) is 6.65. The Balaban J connectivity index is 1.94. The van der Waals surface area contributed by atoms with Crippen LogP contribution in [0.5, 0.6) is 11.5 Å². The van der Waals surface area contributed by atoms with Crippen molar-refractivity contribution in [2.75, 3.05) is 46.9 Å². The lowest BCUT2D eigenvalue weighted by Gasteiger charge is -2.25. The van der Waals surface area contributed by atoms with Crippen molar-refractivity contribution in [3.63, 3.8) is 0 Å². The maximum atomic E-state index is 5.30. The van der Waals surface area contributed by atoms with Crippen LogP contribution in [0.4, 0.5) is 0 Å². The van der Waals surface area contributed by atoms with Gasteiger partial charge in [0.15, 0.2) is 11.5 Å². The topological polar surface area (TPSA) is 33.7 Å². The van der Waals surface area contributed by atoms with E-state index in [4.69, 9.17) is 9.47 Å². The molecular formula is C15H22N2O2. The minimum atomic E-state index is 0.766. The van der Waals surface area contributed by atoms with Crippen LogP contribution in [-0.2, 0) is 0 Å². The first kappa shape index (κ1) is 13.9. The number of rotatable bonds is 5. The van der Waals surface area contributed by atoms with E-state index in [1.807, 2.05) is 18.2 Å². The van der Waals surface area contributed by atoms with Gasteiger partial charge in [-0.05, 0) is 17.7 Å². The average molecular weight is 262 g/mol.